The van der Waals surface area contributed by atoms with Gasteiger partial charge in [0.25, 0.3) is 0 Å². The first-order chi connectivity index (χ1) is 9.77. The first kappa shape index (κ1) is 19.8. The molecule has 0 bridgehead atoms. The van der Waals surface area contributed by atoms with Crippen LogP contribution in [-0.4, -0.2) is 65.9 Å². The fraction of sp³-hybridized carbons (Fsp3) is 1.00. The topological polar surface area (TPSA) is 49.0 Å². The summed E-state index contributed by atoms with van der Waals surface area (Å²) in [6.45, 7) is 13.7. The van der Waals surface area contributed by atoms with E-state index in [2.05, 4.69) is 26.1 Å². The van der Waals surface area contributed by atoms with E-state index in [9.17, 15) is 0 Å². The first-order valence-corrected chi connectivity index (χ1v) is 7.79. The van der Waals surface area contributed by atoms with Gasteiger partial charge in [0.2, 0.25) is 0 Å². The molecule has 5 nitrogen and oxygen atoms in total. The van der Waals surface area contributed by atoms with Crippen LogP contribution in [0.4, 0.5) is 0 Å². The minimum Gasteiger partial charge on any atom is -0.379 e. The molecular formula is C15H35NO4. The normalized spacial score (nSPS) is 11.4. The van der Waals surface area contributed by atoms with Gasteiger partial charge in [-0.1, -0.05) is 20.8 Å². The molecule has 0 heterocycles. The Morgan fingerprint density at radius 3 is 1.65 bits per heavy atom. The van der Waals surface area contributed by atoms with Crippen molar-refractivity contribution in [1.29, 1.82) is 0 Å². The van der Waals surface area contributed by atoms with E-state index in [1.54, 1.807) is 0 Å². The van der Waals surface area contributed by atoms with Gasteiger partial charge in [0.1, 0.15) is 0 Å². The third-order valence-electron chi connectivity index (χ3n) is 2.63. The number of rotatable bonds is 16. The van der Waals surface area contributed by atoms with Crippen molar-refractivity contribution in [2.45, 2.75) is 27.2 Å². The summed E-state index contributed by atoms with van der Waals surface area (Å²) in [7, 11) is 0. The third-order valence-corrected chi connectivity index (χ3v) is 2.63. The summed E-state index contributed by atoms with van der Waals surface area (Å²) in [6, 6.07) is 0. The molecule has 0 unspecified atom stereocenters. The van der Waals surface area contributed by atoms with Crippen LogP contribution in [-0.2, 0) is 18.9 Å². The number of hydrogen-bond donors (Lipinski definition) is 1. The van der Waals surface area contributed by atoms with Gasteiger partial charge in [-0.2, -0.15) is 0 Å². The first-order valence-electron chi connectivity index (χ1n) is 7.79. The van der Waals surface area contributed by atoms with Gasteiger partial charge in [0.05, 0.1) is 46.2 Å². The Balaban J connectivity index is 0. The highest BCUT2D eigenvalue weighted by molar-refractivity contribution is 4.43. The molecule has 5 heteroatoms. The summed E-state index contributed by atoms with van der Waals surface area (Å²) >= 11 is 0. The average Bonchev–Trinajstić information content (AvgIpc) is 2.43. The number of nitrogens with one attached hydrogen (secondary N) is 1. The number of ether oxygens (including phenoxy) is 4. The Morgan fingerprint density at radius 2 is 1.20 bits per heavy atom. The summed E-state index contributed by atoms with van der Waals surface area (Å²) in [5.74, 6) is 0.698. The Hall–Kier alpha value is -0.200. The molecule has 124 valence electrons. The zero-order valence-electron chi connectivity index (χ0n) is 13.5. The van der Waals surface area contributed by atoms with Crippen LogP contribution in [0.1, 0.15) is 28.6 Å². The predicted octanol–water partition coefficient (Wildman–Crippen LogP) is 1.95. The Labute approximate surface area is 125 Å². The van der Waals surface area contributed by atoms with Crippen molar-refractivity contribution >= 4 is 0 Å². The van der Waals surface area contributed by atoms with E-state index in [4.69, 9.17) is 18.9 Å². The molecule has 0 aliphatic heterocycles. The second kappa shape index (κ2) is 16.9. The zero-order chi connectivity index (χ0) is 14.9. The molecule has 0 rings (SSSR count). The maximum absolute atomic E-state index is 5.44. The monoisotopic (exact) mass is 293 g/mol. The Kier molecular flexibility index (Phi) is 16.7. The van der Waals surface area contributed by atoms with Crippen molar-refractivity contribution in [3.05, 3.63) is 0 Å². The Morgan fingerprint density at radius 1 is 0.750 bits per heavy atom. The molecule has 0 saturated heterocycles. The van der Waals surface area contributed by atoms with Crippen molar-refractivity contribution in [2.75, 3.05) is 65.9 Å². The second-order valence-electron chi connectivity index (χ2n) is 4.99. The summed E-state index contributed by atoms with van der Waals surface area (Å²) in [6.07, 6.45) is 1.11. The minimum absolute atomic E-state index is 0. The van der Waals surface area contributed by atoms with Gasteiger partial charge < -0.3 is 24.3 Å². The highest BCUT2D eigenvalue weighted by atomic mass is 16.6. The standard InChI is InChI=1S/C15H33NO4.H2/c1-4-16-6-8-18-10-12-20-14-13-19-11-9-17-7-5-15(2)3;/h15-16H,4-14H2,1-3H3;1H. The molecule has 0 aliphatic carbocycles. The Bertz CT molecular complexity index is 185. The van der Waals surface area contributed by atoms with Crippen LogP contribution in [0.3, 0.4) is 0 Å². The fourth-order valence-electron chi connectivity index (χ4n) is 1.40. The number of hydrogen-bond acceptors (Lipinski definition) is 5. The van der Waals surface area contributed by atoms with Gasteiger partial charge in [-0.05, 0) is 18.9 Å². The lowest BCUT2D eigenvalue weighted by molar-refractivity contribution is -0.00235. The van der Waals surface area contributed by atoms with E-state index in [-0.39, 0.29) is 1.43 Å². The average molecular weight is 293 g/mol. The molecule has 0 aromatic heterocycles. The summed E-state index contributed by atoms with van der Waals surface area (Å²) in [5.41, 5.74) is 0. The highest BCUT2D eigenvalue weighted by Crippen LogP contribution is 1.98. The van der Waals surface area contributed by atoms with Crippen molar-refractivity contribution < 1.29 is 20.4 Å². The molecule has 1 N–H and O–H groups in total. The van der Waals surface area contributed by atoms with E-state index in [0.29, 0.717) is 45.6 Å². The van der Waals surface area contributed by atoms with E-state index >= 15 is 0 Å². The molecule has 0 fully saturated rings. The minimum atomic E-state index is 0. The van der Waals surface area contributed by atoms with Crippen LogP contribution in [0.25, 0.3) is 0 Å². The van der Waals surface area contributed by atoms with E-state index in [1.807, 2.05) is 0 Å². The second-order valence-corrected chi connectivity index (χ2v) is 4.99. The lowest BCUT2D eigenvalue weighted by Crippen LogP contribution is -2.20. The van der Waals surface area contributed by atoms with Gasteiger partial charge in [-0.3, -0.25) is 0 Å². The van der Waals surface area contributed by atoms with Gasteiger partial charge >= 0.3 is 0 Å². The van der Waals surface area contributed by atoms with E-state index in [0.717, 1.165) is 32.7 Å². The van der Waals surface area contributed by atoms with Crippen LogP contribution < -0.4 is 5.32 Å². The summed E-state index contributed by atoms with van der Waals surface area (Å²) < 4.78 is 21.6. The van der Waals surface area contributed by atoms with Crippen molar-refractivity contribution in [1.82, 2.24) is 5.32 Å². The molecule has 0 aromatic carbocycles. The van der Waals surface area contributed by atoms with Gasteiger partial charge in [0.15, 0.2) is 0 Å². The number of likely N-dealkylation sites (N-methyl/N-ethyl adjacent to an activating group) is 1. The smallest absolute Gasteiger partial charge is 0.0701 e. The van der Waals surface area contributed by atoms with Crippen molar-refractivity contribution in [2.24, 2.45) is 5.92 Å². The van der Waals surface area contributed by atoms with E-state index < -0.39 is 0 Å². The quantitative estimate of drug-likeness (QED) is 0.441. The third kappa shape index (κ3) is 17.8. The van der Waals surface area contributed by atoms with Gasteiger partial charge in [-0.25, -0.2) is 0 Å². The van der Waals surface area contributed by atoms with Crippen LogP contribution in [0.5, 0.6) is 0 Å². The maximum Gasteiger partial charge on any atom is 0.0701 e. The SMILES string of the molecule is CCNCCOCCOCCOCCOCCC(C)C.[HH]. The molecule has 0 radical (unpaired) electrons. The molecule has 0 spiro atoms. The van der Waals surface area contributed by atoms with Gasteiger partial charge in [-0.15, -0.1) is 0 Å². The molecule has 0 atom stereocenters. The van der Waals surface area contributed by atoms with Crippen molar-refractivity contribution in [3.63, 3.8) is 0 Å². The molecule has 20 heavy (non-hydrogen) atoms. The lowest BCUT2D eigenvalue weighted by Gasteiger charge is -2.08. The largest absolute Gasteiger partial charge is 0.379 e. The lowest BCUT2D eigenvalue weighted by atomic mass is 10.1. The molecule has 0 aliphatic rings. The maximum atomic E-state index is 5.44. The van der Waals surface area contributed by atoms with Crippen LogP contribution >= 0.6 is 0 Å². The summed E-state index contributed by atoms with van der Waals surface area (Å²) in [5, 5.41) is 3.20. The van der Waals surface area contributed by atoms with Crippen LogP contribution in [0, 0.1) is 5.92 Å². The van der Waals surface area contributed by atoms with Gasteiger partial charge in [0, 0.05) is 14.6 Å². The highest BCUT2D eigenvalue weighted by Gasteiger charge is 1.95. The molecule has 0 amide bonds. The molecule has 0 saturated carbocycles. The van der Waals surface area contributed by atoms with Crippen LogP contribution in [0.2, 0.25) is 0 Å². The van der Waals surface area contributed by atoms with Crippen molar-refractivity contribution in [3.8, 4) is 0 Å². The van der Waals surface area contributed by atoms with E-state index in [1.165, 1.54) is 0 Å². The van der Waals surface area contributed by atoms with Crippen LogP contribution in [0.15, 0.2) is 0 Å². The zero-order valence-corrected chi connectivity index (χ0v) is 13.5. The predicted molar refractivity (Wildman–Crippen MR) is 83.4 cm³/mol. The molecular weight excluding hydrogens is 258 g/mol. The fourth-order valence-corrected chi connectivity index (χ4v) is 1.40. The summed E-state index contributed by atoms with van der Waals surface area (Å²) in [4.78, 5) is 0. The molecule has 0 aromatic rings.